The van der Waals surface area contributed by atoms with Gasteiger partial charge in [-0.3, -0.25) is 0 Å². The Balaban J connectivity index is 2.14. The number of hydrogen-bond donors (Lipinski definition) is 1. The van der Waals surface area contributed by atoms with Crippen LogP contribution < -0.4 is 0 Å². The van der Waals surface area contributed by atoms with Gasteiger partial charge < -0.3 is 9.72 Å². The second-order valence-electron chi connectivity index (χ2n) is 3.67. The first kappa shape index (κ1) is 13.6. The molecule has 20 heavy (non-hydrogen) atoms. The average molecular weight is 274 g/mol. The SMILES string of the molecule is COC(=O)/C=C/c1[nH]cnc1N=Nc1ccc(F)cc1. The van der Waals surface area contributed by atoms with E-state index in [1.54, 1.807) is 0 Å². The molecule has 0 amide bonds. The maximum absolute atomic E-state index is 12.7. The molecule has 0 unspecified atom stereocenters. The molecule has 0 aliphatic carbocycles. The highest BCUT2D eigenvalue weighted by atomic mass is 19.1. The van der Waals surface area contributed by atoms with Gasteiger partial charge in [0.1, 0.15) is 5.82 Å². The summed E-state index contributed by atoms with van der Waals surface area (Å²) in [5, 5.41) is 7.85. The lowest BCUT2D eigenvalue weighted by molar-refractivity contribution is -0.134. The highest BCUT2D eigenvalue weighted by Crippen LogP contribution is 2.20. The summed E-state index contributed by atoms with van der Waals surface area (Å²) in [6.07, 6.45) is 4.15. The third kappa shape index (κ3) is 3.58. The highest BCUT2D eigenvalue weighted by molar-refractivity contribution is 5.87. The Hall–Kier alpha value is -2.83. The van der Waals surface area contributed by atoms with Gasteiger partial charge in [-0.2, -0.15) is 0 Å². The molecule has 2 aromatic rings. The minimum atomic E-state index is -0.485. The summed E-state index contributed by atoms with van der Waals surface area (Å²) >= 11 is 0. The molecule has 0 aliphatic rings. The van der Waals surface area contributed by atoms with Crippen LogP contribution in [0.15, 0.2) is 46.9 Å². The first-order chi connectivity index (χ1) is 9.69. The fourth-order valence-corrected chi connectivity index (χ4v) is 1.33. The zero-order valence-electron chi connectivity index (χ0n) is 10.6. The van der Waals surface area contributed by atoms with Crippen LogP contribution in [0.4, 0.5) is 15.9 Å². The minimum Gasteiger partial charge on any atom is -0.466 e. The lowest BCUT2D eigenvalue weighted by Gasteiger charge is -1.92. The molecule has 0 saturated heterocycles. The summed E-state index contributed by atoms with van der Waals surface area (Å²) in [6, 6.07) is 5.57. The van der Waals surface area contributed by atoms with Crippen LogP contribution in [0.2, 0.25) is 0 Å². The van der Waals surface area contributed by atoms with E-state index in [4.69, 9.17) is 0 Å². The van der Waals surface area contributed by atoms with Gasteiger partial charge >= 0.3 is 5.97 Å². The second kappa shape index (κ2) is 6.37. The predicted octanol–water partition coefficient (Wildman–Crippen LogP) is 3.15. The van der Waals surface area contributed by atoms with Crippen LogP contribution in [0.1, 0.15) is 5.69 Å². The van der Waals surface area contributed by atoms with Crippen LogP contribution in [0.3, 0.4) is 0 Å². The molecule has 0 radical (unpaired) electrons. The van der Waals surface area contributed by atoms with Crippen LogP contribution >= 0.6 is 0 Å². The predicted molar refractivity (Wildman–Crippen MR) is 70.2 cm³/mol. The number of halogens is 1. The Morgan fingerprint density at radius 2 is 2.10 bits per heavy atom. The topological polar surface area (TPSA) is 79.7 Å². The number of nitrogens with one attached hydrogen (secondary N) is 1. The fraction of sp³-hybridized carbons (Fsp3) is 0.0769. The van der Waals surface area contributed by atoms with Crippen molar-refractivity contribution in [3.05, 3.63) is 48.2 Å². The third-order valence-electron chi connectivity index (χ3n) is 2.32. The molecule has 1 aromatic heterocycles. The maximum Gasteiger partial charge on any atom is 0.330 e. The number of H-pyrrole nitrogens is 1. The summed E-state index contributed by atoms with van der Waals surface area (Å²) in [7, 11) is 1.29. The Morgan fingerprint density at radius 3 is 2.80 bits per heavy atom. The van der Waals surface area contributed by atoms with Crippen molar-refractivity contribution in [1.82, 2.24) is 9.97 Å². The van der Waals surface area contributed by atoms with Gasteiger partial charge in [0.25, 0.3) is 0 Å². The number of nitrogens with zero attached hydrogens (tertiary/aromatic N) is 3. The Morgan fingerprint density at radius 1 is 1.35 bits per heavy atom. The standard InChI is InChI=1S/C13H11FN4O2/c1-20-12(19)7-6-11-13(16-8-15-11)18-17-10-4-2-9(14)3-5-10/h2-8H,1H3,(H,15,16)/b7-6+,18-17?. The molecule has 102 valence electrons. The number of esters is 1. The summed E-state index contributed by atoms with van der Waals surface area (Å²) in [5.41, 5.74) is 1.01. The highest BCUT2D eigenvalue weighted by Gasteiger charge is 2.02. The van der Waals surface area contributed by atoms with Crippen molar-refractivity contribution >= 4 is 23.6 Å². The van der Waals surface area contributed by atoms with Crippen LogP contribution in [-0.4, -0.2) is 23.0 Å². The molecule has 7 heteroatoms. The van der Waals surface area contributed by atoms with Crippen LogP contribution in [0, 0.1) is 5.82 Å². The molecule has 0 aliphatic heterocycles. The van der Waals surface area contributed by atoms with Crippen molar-refractivity contribution in [3.63, 3.8) is 0 Å². The lowest BCUT2D eigenvalue weighted by Crippen LogP contribution is -1.93. The number of aromatic nitrogens is 2. The van der Waals surface area contributed by atoms with E-state index in [0.29, 0.717) is 17.2 Å². The normalized spacial score (nSPS) is 11.3. The quantitative estimate of drug-likeness (QED) is 0.528. The average Bonchev–Trinajstić information content (AvgIpc) is 2.91. The van der Waals surface area contributed by atoms with Crippen LogP contribution in [0.5, 0.6) is 0 Å². The zero-order valence-corrected chi connectivity index (χ0v) is 10.6. The van der Waals surface area contributed by atoms with Crippen molar-refractivity contribution in [2.75, 3.05) is 7.11 Å². The number of methoxy groups -OCH3 is 1. The first-order valence-electron chi connectivity index (χ1n) is 5.66. The molecule has 2 rings (SSSR count). The van der Waals surface area contributed by atoms with Gasteiger partial charge in [-0.05, 0) is 30.3 Å². The molecule has 0 bridgehead atoms. The molecule has 0 saturated carbocycles. The van der Waals surface area contributed by atoms with Crippen molar-refractivity contribution in [2.24, 2.45) is 10.2 Å². The van der Waals surface area contributed by atoms with E-state index in [2.05, 4.69) is 24.9 Å². The third-order valence-corrected chi connectivity index (χ3v) is 2.32. The van der Waals surface area contributed by atoms with Crippen molar-refractivity contribution in [1.29, 1.82) is 0 Å². The van der Waals surface area contributed by atoms with Gasteiger partial charge in [-0.1, -0.05) is 0 Å². The molecular weight excluding hydrogens is 263 g/mol. The van der Waals surface area contributed by atoms with E-state index in [0.717, 1.165) is 0 Å². The summed E-state index contributed by atoms with van der Waals surface area (Å²) in [4.78, 5) is 17.8. The molecule has 1 heterocycles. The van der Waals surface area contributed by atoms with Crippen molar-refractivity contribution in [3.8, 4) is 0 Å². The minimum absolute atomic E-state index is 0.314. The number of hydrogen-bond acceptors (Lipinski definition) is 5. The number of rotatable bonds is 4. The smallest absolute Gasteiger partial charge is 0.330 e. The largest absolute Gasteiger partial charge is 0.466 e. The van der Waals surface area contributed by atoms with Gasteiger partial charge in [-0.15, -0.1) is 10.2 Å². The Bertz CT molecular complexity index is 647. The number of ether oxygens (including phenoxy) is 1. The fourth-order valence-electron chi connectivity index (χ4n) is 1.33. The van der Waals surface area contributed by atoms with Gasteiger partial charge in [0.05, 0.1) is 24.8 Å². The zero-order chi connectivity index (χ0) is 14.4. The summed E-state index contributed by atoms with van der Waals surface area (Å²) < 4.78 is 17.2. The van der Waals surface area contributed by atoms with Crippen LogP contribution in [0.25, 0.3) is 6.08 Å². The maximum atomic E-state index is 12.7. The van der Waals surface area contributed by atoms with E-state index >= 15 is 0 Å². The lowest BCUT2D eigenvalue weighted by atomic mass is 10.3. The summed E-state index contributed by atoms with van der Waals surface area (Å²) in [5.74, 6) is -0.513. The van der Waals surface area contributed by atoms with E-state index in [9.17, 15) is 9.18 Å². The number of imidazole rings is 1. The molecule has 1 N–H and O–H groups in total. The van der Waals surface area contributed by atoms with E-state index in [-0.39, 0.29) is 5.82 Å². The molecular formula is C13H11FN4O2. The van der Waals surface area contributed by atoms with Crippen molar-refractivity contribution in [2.45, 2.75) is 0 Å². The number of benzene rings is 1. The van der Waals surface area contributed by atoms with Gasteiger partial charge in [0, 0.05) is 6.08 Å². The van der Waals surface area contributed by atoms with Gasteiger partial charge in [-0.25, -0.2) is 14.2 Å². The van der Waals surface area contributed by atoms with E-state index in [1.165, 1.54) is 49.9 Å². The Kier molecular flexibility index (Phi) is 4.33. The second-order valence-corrected chi connectivity index (χ2v) is 3.67. The number of carbonyl (C=O) groups is 1. The Labute approximate surface area is 114 Å². The summed E-state index contributed by atoms with van der Waals surface area (Å²) in [6.45, 7) is 0. The molecule has 6 nitrogen and oxygen atoms in total. The molecule has 0 spiro atoms. The first-order valence-corrected chi connectivity index (χ1v) is 5.66. The number of carbonyl (C=O) groups excluding carboxylic acids is 1. The molecule has 1 aromatic carbocycles. The monoisotopic (exact) mass is 274 g/mol. The van der Waals surface area contributed by atoms with Gasteiger partial charge in [0.15, 0.2) is 5.82 Å². The van der Waals surface area contributed by atoms with E-state index < -0.39 is 5.97 Å². The van der Waals surface area contributed by atoms with Crippen LogP contribution in [-0.2, 0) is 9.53 Å². The van der Waals surface area contributed by atoms with E-state index in [1.807, 2.05) is 0 Å². The van der Waals surface area contributed by atoms with Crippen molar-refractivity contribution < 1.29 is 13.9 Å². The molecule has 0 atom stereocenters. The van der Waals surface area contributed by atoms with Gasteiger partial charge in [0.2, 0.25) is 0 Å². The number of aromatic amines is 1. The number of azo groups is 1. The molecule has 0 fully saturated rings.